The van der Waals surface area contributed by atoms with Crippen LogP contribution in [0.4, 0.5) is 4.79 Å². The minimum atomic E-state index is -0.776. The minimum absolute atomic E-state index is 0.341. The topological polar surface area (TPSA) is 87.7 Å². The Bertz CT molecular complexity index is 554. The number of aliphatic hydroxyl groups excluding tert-OH is 1. The molecule has 25 heavy (non-hydrogen) atoms. The molecule has 2 amide bonds. The Morgan fingerprint density at radius 1 is 1.16 bits per heavy atom. The van der Waals surface area contributed by atoms with Crippen molar-refractivity contribution in [3.8, 4) is 0 Å². The second-order valence-corrected chi connectivity index (χ2v) is 7.22. The molecule has 0 radical (unpaired) electrons. The summed E-state index contributed by atoms with van der Waals surface area (Å²) in [6.07, 6.45) is -0.312. The van der Waals surface area contributed by atoms with Crippen LogP contribution in [0.5, 0.6) is 0 Å². The van der Waals surface area contributed by atoms with E-state index >= 15 is 0 Å². The standard InChI is InChI=1S/C19H30N2O4/c1-6-15(22)14(12-13-10-8-7-9-11-13)20-17(23)16(19(2,3)4)21-18(24)25-5/h7-11,14-16,22H,6,12H2,1-5H3,(H,20,23)(H,21,24)/t14?,15-,16+/m0/s1. The van der Waals surface area contributed by atoms with E-state index in [2.05, 4.69) is 15.4 Å². The van der Waals surface area contributed by atoms with Crippen molar-refractivity contribution in [3.63, 3.8) is 0 Å². The van der Waals surface area contributed by atoms with Gasteiger partial charge in [0.1, 0.15) is 6.04 Å². The van der Waals surface area contributed by atoms with Gasteiger partial charge in [0.05, 0.1) is 19.3 Å². The summed E-state index contributed by atoms with van der Waals surface area (Å²) in [6.45, 7) is 7.43. The van der Waals surface area contributed by atoms with Gasteiger partial charge < -0.3 is 20.5 Å². The lowest BCUT2D eigenvalue weighted by Crippen LogP contribution is -2.57. The lowest BCUT2D eigenvalue weighted by Gasteiger charge is -2.32. The summed E-state index contributed by atoms with van der Waals surface area (Å²) in [5.41, 5.74) is 0.515. The molecule has 0 bridgehead atoms. The summed E-state index contributed by atoms with van der Waals surface area (Å²) in [5, 5.41) is 15.8. The smallest absolute Gasteiger partial charge is 0.407 e. The third-order valence-electron chi connectivity index (χ3n) is 4.08. The second-order valence-electron chi connectivity index (χ2n) is 7.22. The first-order valence-electron chi connectivity index (χ1n) is 8.55. The second kappa shape index (κ2) is 9.42. The maximum Gasteiger partial charge on any atom is 0.407 e. The molecule has 3 N–H and O–H groups in total. The van der Waals surface area contributed by atoms with E-state index in [1.807, 2.05) is 58.0 Å². The summed E-state index contributed by atoms with van der Waals surface area (Å²) in [7, 11) is 1.26. The summed E-state index contributed by atoms with van der Waals surface area (Å²) in [5.74, 6) is -0.341. The molecule has 0 aliphatic rings. The van der Waals surface area contributed by atoms with E-state index in [0.29, 0.717) is 12.8 Å². The van der Waals surface area contributed by atoms with Crippen LogP contribution in [0.3, 0.4) is 0 Å². The van der Waals surface area contributed by atoms with Crippen LogP contribution in [0.1, 0.15) is 39.7 Å². The lowest BCUT2D eigenvalue weighted by atomic mass is 9.85. The van der Waals surface area contributed by atoms with Crippen molar-refractivity contribution in [1.29, 1.82) is 0 Å². The van der Waals surface area contributed by atoms with Crippen LogP contribution >= 0.6 is 0 Å². The molecule has 0 aliphatic carbocycles. The molecular formula is C19H30N2O4. The molecule has 1 aromatic carbocycles. The van der Waals surface area contributed by atoms with Gasteiger partial charge in [-0.3, -0.25) is 4.79 Å². The minimum Gasteiger partial charge on any atom is -0.453 e. The maximum atomic E-state index is 12.8. The summed E-state index contributed by atoms with van der Waals surface area (Å²) in [6, 6.07) is 8.45. The highest BCUT2D eigenvalue weighted by Gasteiger charge is 2.35. The van der Waals surface area contributed by atoms with Crippen molar-refractivity contribution in [2.24, 2.45) is 5.41 Å². The highest BCUT2D eigenvalue weighted by Crippen LogP contribution is 2.20. The van der Waals surface area contributed by atoms with Gasteiger partial charge in [0.25, 0.3) is 0 Å². The molecule has 1 aromatic rings. The van der Waals surface area contributed by atoms with Crippen LogP contribution in [0.15, 0.2) is 30.3 Å². The number of aliphatic hydroxyl groups is 1. The number of hydrogen-bond donors (Lipinski definition) is 3. The molecule has 0 spiro atoms. The molecule has 6 heteroatoms. The molecular weight excluding hydrogens is 320 g/mol. The van der Waals surface area contributed by atoms with Crippen molar-refractivity contribution in [2.45, 2.75) is 58.7 Å². The first-order valence-corrected chi connectivity index (χ1v) is 8.55. The molecule has 0 fully saturated rings. The average Bonchev–Trinajstić information content (AvgIpc) is 2.57. The number of carbonyl (C=O) groups excluding carboxylic acids is 2. The summed E-state index contributed by atoms with van der Waals surface area (Å²) in [4.78, 5) is 24.3. The van der Waals surface area contributed by atoms with Crippen LogP contribution in [0.25, 0.3) is 0 Å². The number of benzene rings is 1. The highest BCUT2D eigenvalue weighted by molar-refractivity contribution is 5.86. The zero-order valence-electron chi connectivity index (χ0n) is 15.7. The van der Waals surface area contributed by atoms with E-state index in [-0.39, 0.29) is 5.91 Å². The van der Waals surface area contributed by atoms with Gasteiger partial charge in [-0.1, -0.05) is 58.0 Å². The Labute approximate surface area is 150 Å². The number of rotatable bonds is 7. The number of carbonyl (C=O) groups is 2. The molecule has 0 saturated heterocycles. The van der Waals surface area contributed by atoms with E-state index in [1.165, 1.54) is 7.11 Å². The molecule has 0 saturated carbocycles. The van der Waals surface area contributed by atoms with Crippen LogP contribution in [-0.2, 0) is 16.0 Å². The molecule has 0 aromatic heterocycles. The van der Waals surface area contributed by atoms with Gasteiger partial charge in [0.2, 0.25) is 5.91 Å². The van der Waals surface area contributed by atoms with Crippen molar-refractivity contribution >= 4 is 12.0 Å². The number of ether oxygens (including phenoxy) is 1. The van der Waals surface area contributed by atoms with Gasteiger partial charge in [-0.2, -0.15) is 0 Å². The summed E-state index contributed by atoms with van der Waals surface area (Å²) >= 11 is 0. The van der Waals surface area contributed by atoms with Crippen LogP contribution < -0.4 is 10.6 Å². The fraction of sp³-hybridized carbons (Fsp3) is 0.579. The van der Waals surface area contributed by atoms with Crippen molar-refractivity contribution in [1.82, 2.24) is 10.6 Å². The Kier molecular flexibility index (Phi) is 7.90. The van der Waals surface area contributed by atoms with Gasteiger partial charge >= 0.3 is 6.09 Å². The number of alkyl carbamates (subject to hydrolysis) is 1. The van der Waals surface area contributed by atoms with Crippen LogP contribution in [-0.4, -0.2) is 42.4 Å². The number of nitrogens with one attached hydrogen (secondary N) is 2. The lowest BCUT2D eigenvalue weighted by molar-refractivity contribution is -0.127. The van der Waals surface area contributed by atoms with Crippen molar-refractivity contribution < 1.29 is 19.4 Å². The average molecular weight is 350 g/mol. The van der Waals surface area contributed by atoms with Gasteiger partial charge in [-0.25, -0.2) is 4.79 Å². The Hall–Kier alpha value is -2.08. The first-order chi connectivity index (χ1) is 11.7. The van der Waals surface area contributed by atoms with E-state index in [0.717, 1.165) is 5.56 Å². The Morgan fingerprint density at radius 2 is 1.76 bits per heavy atom. The predicted octanol–water partition coefficient (Wildman–Crippen LogP) is 2.26. The fourth-order valence-corrected chi connectivity index (χ4v) is 2.55. The normalized spacial score (nSPS) is 15.0. The zero-order valence-corrected chi connectivity index (χ0v) is 15.7. The van der Waals surface area contributed by atoms with Gasteiger partial charge in [-0.15, -0.1) is 0 Å². The molecule has 1 rings (SSSR count). The van der Waals surface area contributed by atoms with Crippen LogP contribution in [0.2, 0.25) is 0 Å². The molecule has 0 heterocycles. The van der Waals surface area contributed by atoms with Gasteiger partial charge in [0.15, 0.2) is 0 Å². The zero-order chi connectivity index (χ0) is 19.0. The molecule has 0 aliphatic heterocycles. The van der Waals surface area contributed by atoms with E-state index < -0.39 is 29.7 Å². The molecule has 140 valence electrons. The SMILES string of the molecule is CC[C@H](O)C(Cc1ccccc1)NC(=O)[C@@H](NC(=O)OC)C(C)(C)C. The largest absolute Gasteiger partial charge is 0.453 e. The third kappa shape index (κ3) is 6.74. The highest BCUT2D eigenvalue weighted by atomic mass is 16.5. The quantitative estimate of drug-likeness (QED) is 0.704. The number of methoxy groups -OCH3 is 1. The molecule has 1 unspecified atom stereocenters. The molecule has 6 nitrogen and oxygen atoms in total. The fourth-order valence-electron chi connectivity index (χ4n) is 2.55. The van der Waals surface area contributed by atoms with Crippen molar-refractivity contribution in [2.75, 3.05) is 7.11 Å². The van der Waals surface area contributed by atoms with Gasteiger partial charge in [0, 0.05) is 0 Å². The third-order valence-corrected chi connectivity index (χ3v) is 4.08. The number of amides is 2. The van der Waals surface area contributed by atoms with Gasteiger partial charge in [-0.05, 0) is 23.8 Å². The number of hydrogen-bond acceptors (Lipinski definition) is 4. The van der Waals surface area contributed by atoms with E-state index in [1.54, 1.807) is 0 Å². The van der Waals surface area contributed by atoms with E-state index in [9.17, 15) is 14.7 Å². The van der Waals surface area contributed by atoms with Crippen molar-refractivity contribution in [3.05, 3.63) is 35.9 Å². The Balaban J connectivity index is 2.92. The molecule has 3 atom stereocenters. The van der Waals surface area contributed by atoms with E-state index in [4.69, 9.17) is 0 Å². The Morgan fingerprint density at radius 3 is 2.24 bits per heavy atom. The summed E-state index contributed by atoms with van der Waals surface area (Å²) < 4.78 is 4.62. The first kappa shape index (κ1) is 21.0. The maximum absolute atomic E-state index is 12.8. The monoisotopic (exact) mass is 350 g/mol. The van der Waals surface area contributed by atoms with Crippen LogP contribution in [0, 0.1) is 5.41 Å². The predicted molar refractivity (Wildman–Crippen MR) is 97.2 cm³/mol.